The Morgan fingerprint density at radius 3 is 1.86 bits per heavy atom. The second-order valence-electron chi connectivity index (χ2n) is 8.94. The summed E-state index contributed by atoms with van der Waals surface area (Å²) < 4.78 is 31.9. The van der Waals surface area contributed by atoms with Crippen molar-refractivity contribution in [2.45, 2.75) is 116 Å². The van der Waals surface area contributed by atoms with Crippen molar-refractivity contribution >= 4 is 16.0 Å². The molecule has 0 radical (unpaired) electrons. The van der Waals surface area contributed by atoms with Gasteiger partial charge in [0.15, 0.2) is 0 Å². The average molecular weight is 512 g/mol. The van der Waals surface area contributed by atoms with E-state index in [4.69, 9.17) is 0 Å². The Kier molecular flexibility index (Phi) is 21.6. The van der Waals surface area contributed by atoms with Crippen LogP contribution in [0.5, 0.6) is 0 Å². The van der Waals surface area contributed by atoms with Crippen molar-refractivity contribution in [3.63, 3.8) is 0 Å². The Balaban J connectivity index is 4.25. The minimum atomic E-state index is -4.31. The van der Waals surface area contributed by atoms with E-state index in [1.54, 1.807) is 0 Å². The molecule has 0 fully saturated rings. The number of unbranched alkanes of at least 4 members (excludes halogenated alkanes) is 6. The number of nitrogens with one attached hydrogen (secondary N) is 1. The van der Waals surface area contributed by atoms with Crippen molar-refractivity contribution in [1.29, 1.82) is 0 Å². The normalized spacial score (nSPS) is 14.5. The zero-order valence-electron chi connectivity index (χ0n) is 21.9. The van der Waals surface area contributed by atoms with Gasteiger partial charge in [0, 0.05) is 6.42 Å². The first-order chi connectivity index (χ1) is 16.8. The first-order valence-electron chi connectivity index (χ1n) is 13.3. The second kappa shape index (κ2) is 22.7. The maximum Gasteiger partial charge on any atom is 0.266 e. The van der Waals surface area contributed by atoms with Gasteiger partial charge in [-0.15, -0.1) is 0 Å². The lowest BCUT2D eigenvalue weighted by molar-refractivity contribution is -0.122. The van der Waals surface area contributed by atoms with E-state index in [1.807, 2.05) is 12.2 Å². The van der Waals surface area contributed by atoms with Gasteiger partial charge in [-0.3, -0.25) is 9.35 Å². The number of hydrogen-bond acceptors (Lipinski definition) is 4. The van der Waals surface area contributed by atoms with E-state index in [0.29, 0.717) is 12.8 Å². The molecule has 0 rings (SSSR count). The van der Waals surface area contributed by atoms with Gasteiger partial charge >= 0.3 is 0 Å². The van der Waals surface area contributed by atoms with Crippen LogP contribution in [-0.2, 0) is 14.9 Å². The van der Waals surface area contributed by atoms with Gasteiger partial charge in [-0.1, -0.05) is 107 Å². The average Bonchev–Trinajstić information content (AvgIpc) is 2.80. The van der Waals surface area contributed by atoms with Crippen LogP contribution in [0.1, 0.15) is 104 Å². The number of rotatable bonds is 22. The fourth-order valence-electron chi connectivity index (χ4n) is 3.58. The summed E-state index contributed by atoms with van der Waals surface area (Å²) in [5.74, 6) is -1.01. The highest BCUT2D eigenvalue weighted by atomic mass is 32.2. The highest BCUT2D eigenvalue weighted by molar-refractivity contribution is 7.85. The number of allylic oxidation sites excluding steroid dienone is 8. The van der Waals surface area contributed by atoms with E-state index in [1.165, 1.54) is 19.3 Å². The molecule has 0 saturated heterocycles. The summed E-state index contributed by atoms with van der Waals surface area (Å²) in [6.07, 6.45) is 28.1. The van der Waals surface area contributed by atoms with Crippen molar-refractivity contribution in [2.24, 2.45) is 0 Å². The Labute approximate surface area is 214 Å². The summed E-state index contributed by atoms with van der Waals surface area (Å²) in [6, 6.07) is -1.00. The van der Waals surface area contributed by atoms with Crippen LogP contribution < -0.4 is 5.32 Å². The second-order valence-corrected chi connectivity index (χ2v) is 10.4. The number of amides is 1. The number of carbonyl (C=O) groups excluding carboxylic acids is 1. The topological polar surface area (TPSA) is 104 Å². The standard InChI is InChI=1S/C28H49NO5S/c1-3-5-7-9-11-12-13-14-15-16-18-20-22-24-28(31)29-26(25-35(32,33)34)27(30)23-21-19-17-10-8-6-4-2/h5,7,11-12,14-15,18,20,26-27,30H,3-4,6,8-10,13,16-17,19,21-25H2,1-2H3,(H,29,31)(H,32,33,34)/b7-5-,12-11-,15-14-,20-18-. The SMILES string of the molecule is CC/C=C\C/C=C\C/C=C\C/C=C\CCC(=O)NC(CS(=O)(=O)O)C(O)CCCCCCCCC. The summed E-state index contributed by atoms with van der Waals surface area (Å²) in [5, 5.41) is 13.0. The lowest BCUT2D eigenvalue weighted by atomic mass is 10.0. The van der Waals surface area contributed by atoms with E-state index < -0.39 is 28.0 Å². The van der Waals surface area contributed by atoms with Gasteiger partial charge in [0.2, 0.25) is 5.91 Å². The molecule has 0 aliphatic rings. The Morgan fingerprint density at radius 1 is 0.800 bits per heavy atom. The molecule has 0 saturated carbocycles. The van der Waals surface area contributed by atoms with Crippen LogP contribution in [0.2, 0.25) is 0 Å². The van der Waals surface area contributed by atoms with E-state index in [2.05, 4.69) is 55.6 Å². The van der Waals surface area contributed by atoms with Crippen LogP contribution in [0.15, 0.2) is 48.6 Å². The quantitative estimate of drug-likeness (QED) is 0.0881. The minimum absolute atomic E-state index is 0.195. The third-order valence-electron chi connectivity index (χ3n) is 5.56. The smallest absolute Gasteiger partial charge is 0.266 e. The van der Waals surface area contributed by atoms with Crippen LogP contribution in [0.4, 0.5) is 0 Å². The van der Waals surface area contributed by atoms with Gasteiger partial charge in [0.1, 0.15) is 0 Å². The first kappa shape index (κ1) is 33.3. The molecule has 7 heteroatoms. The van der Waals surface area contributed by atoms with Gasteiger partial charge in [0.05, 0.1) is 17.9 Å². The Hall–Kier alpha value is -1.70. The molecular weight excluding hydrogens is 462 g/mol. The zero-order valence-corrected chi connectivity index (χ0v) is 22.7. The molecule has 6 nitrogen and oxygen atoms in total. The summed E-state index contributed by atoms with van der Waals surface area (Å²) in [4.78, 5) is 12.3. The van der Waals surface area contributed by atoms with Gasteiger partial charge in [-0.05, 0) is 38.5 Å². The van der Waals surface area contributed by atoms with E-state index in [-0.39, 0.29) is 12.3 Å². The molecule has 3 N–H and O–H groups in total. The Morgan fingerprint density at radius 2 is 1.31 bits per heavy atom. The predicted octanol–water partition coefficient (Wildman–Crippen LogP) is 6.45. The third-order valence-corrected chi connectivity index (χ3v) is 6.34. The molecule has 0 aromatic heterocycles. The van der Waals surface area contributed by atoms with Crippen LogP contribution in [-0.4, -0.2) is 41.9 Å². The first-order valence-corrected chi connectivity index (χ1v) is 14.9. The lowest BCUT2D eigenvalue weighted by Crippen LogP contribution is -2.47. The maximum absolute atomic E-state index is 12.3. The Bertz CT molecular complexity index is 740. The molecule has 2 unspecified atom stereocenters. The van der Waals surface area contributed by atoms with Crippen molar-refractivity contribution < 1.29 is 22.9 Å². The van der Waals surface area contributed by atoms with Gasteiger partial charge in [0.25, 0.3) is 10.1 Å². The molecule has 2 atom stereocenters. The molecule has 0 aliphatic heterocycles. The summed E-state index contributed by atoms with van der Waals surface area (Å²) in [5.41, 5.74) is 0. The highest BCUT2D eigenvalue weighted by Gasteiger charge is 2.25. The van der Waals surface area contributed by atoms with E-state index in [0.717, 1.165) is 51.4 Å². The molecule has 0 spiro atoms. The van der Waals surface area contributed by atoms with Crippen molar-refractivity contribution in [2.75, 3.05) is 5.75 Å². The number of aliphatic hydroxyl groups excluding tert-OH is 1. The number of hydrogen-bond donors (Lipinski definition) is 3. The van der Waals surface area contributed by atoms with E-state index >= 15 is 0 Å². The van der Waals surface area contributed by atoms with Crippen molar-refractivity contribution in [3.05, 3.63) is 48.6 Å². The third kappa shape index (κ3) is 23.8. The van der Waals surface area contributed by atoms with Crippen LogP contribution in [0.25, 0.3) is 0 Å². The fourth-order valence-corrected chi connectivity index (χ4v) is 4.34. The predicted molar refractivity (Wildman–Crippen MR) is 147 cm³/mol. The summed E-state index contributed by atoms with van der Waals surface area (Å²) >= 11 is 0. The van der Waals surface area contributed by atoms with Crippen LogP contribution in [0, 0.1) is 0 Å². The number of aliphatic hydroxyl groups is 1. The molecule has 0 heterocycles. The molecule has 202 valence electrons. The molecule has 0 aliphatic carbocycles. The summed E-state index contributed by atoms with van der Waals surface area (Å²) in [7, 11) is -4.31. The largest absolute Gasteiger partial charge is 0.391 e. The van der Waals surface area contributed by atoms with E-state index in [9.17, 15) is 22.9 Å². The van der Waals surface area contributed by atoms with Crippen LogP contribution >= 0.6 is 0 Å². The van der Waals surface area contributed by atoms with Gasteiger partial charge in [-0.2, -0.15) is 8.42 Å². The minimum Gasteiger partial charge on any atom is -0.391 e. The molecule has 0 aromatic rings. The van der Waals surface area contributed by atoms with Crippen molar-refractivity contribution in [3.8, 4) is 0 Å². The van der Waals surface area contributed by atoms with Gasteiger partial charge < -0.3 is 10.4 Å². The maximum atomic E-state index is 12.3. The molecule has 1 amide bonds. The number of carbonyl (C=O) groups is 1. The molecule has 0 bridgehead atoms. The molecule has 0 aromatic carbocycles. The van der Waals surface area contributed by atoms with Gasteiger partial charge in [-0.25, -0.2) is 0 Å². The molecule has 35 heavy (non-hydrogen) atoms. The zero-order chi connectivity index (χ0) is 26.2. The monoisotopic (exact) mass is 511 g/mol. The highest BCUT2D eigenvalue weighted by Crippen LogP contribution is 2.12. The van der Waals surface area contributed by atoms with Crippen LogP contribution in [0.3, 0.4) is 0 Å². The fraction of sp³-hybridized carbons (Fsp3) is 0.679. The van der Waals surface area contributed by atoms with Crippen molar-refractivity contribution in [1.82, 2.24) is 5.32 Å². The molecular formula is C28H49NO5S. The lowest BCUT2D eigenvalue weighted by Gasteiger charge is -2.23. The summed E-state index contributed by atoms with van der Waals surface area (Å²) in [6.45, 7) is 4.29.